The van der Waals surface area contributed by atoms with Crippen LogP contribution in [0.3, 0.4) is 0 Å². The standard InChI is InChI=1S/C22H36BO4P2.ClH/c1-7-28(8-2,9-3)26-23(27-29(10-4,11-5)12-6)24-20-17-13-15-19-16-14-18-21(25-23)22(19)20;/h13-18H,7-12H2,1-6H3;1H/q+1;/p-1. The summed E-state index contributed by atoms with van der Waals surface area (Å²) in [4.78, 5) is 0. The molecule has 0 N–H and O–H groups in total. The van der Waals surface area contributed by atoms with Crippen LogP contribution in [-0.2, 0) is 8.88 Å². The molecule has 4 nitrogen and oxygen atoms in total. The SMILES string of the molecule is CC[P+](CC)(CC)O[B-]1(O[P+](CC)(CC)CC)Oc2cccc3cccc(c23)O1.[Cl-]. The number of hydrogen-bond donors (Lipinski definition) is 0. The third-order valence-electron chi connectivity index (χ3n) is 6.53. The first-order chi connectivity index (χ1) is 13.9. The maximum Gasteiger partial charge on any atom is 0.720 e. The van der Waals surface area contributed by atoms with Crippen LogP contribution in [-0.4, -0.2) is 43.9 Å². The average molecular weight is 473 g/mol. The van der Waals surface area contributed by atoms with Crippen molar-refractivity contribution in [3.8, 4) is 11.5 Å². The monoisotopic (exact) mass is 472 g/mol. The van der Waals surface area contributed by atoms with Gasteiger partial charge in [0.2, 0.25) is 0 Å². The molecule has 0 unspecified atom stereocenters. The first kappa shape index (κ1) is 25.7. The van der Waals surface area contributed by atoms with Crippen molar-refractivity contribution < 1.29 is 30.6 Å². The second kappa shape index (κ2) is 10.4. The Hall–Kier alpha value is -0.565. The summed E-state index contributed by atoms with van der Waals surface area (Å²) < 4.78 is 26.9. The minimum atomic E-state index is -2.36. The van der Waals surface area contributed by atoms with Crippen molar-refractivity contribution in [3.63, 3.8) is 0 Å². The van der Waals surface area contributed by atoms with E-state index >= 15 is 0 Å². The minimum Gasteiger partial charge on any atom is -1.00 e. The van der Waals surface area contributed by atoms with Crippen LogP contribution < -0.4 is 21.7 Å². The van der Waals surface area contributed by atoms with Crippen LogP contribution in [0.4, 0.5) is 0 Å². The number of hydrogen-bond acceptors (Lipinski definition) is 4. The van der Waals surface area contributed by atoms with Crippen LogP contribution >= 0.6 is 15.0 Å². The van der Waals surface area contributed by atoms with E-state index in [0.717, 1.165) is 59.2 Å². The van der Waals surface area contributed by atoms with E-state index in [9.17, 15) is 0 Å². The number of rotatable bonds is 10. The topological polar surface area (TPSA) is 36.9 Å². The summed E-state index contributed by atoms with van der Waals surface area (Å²) in [5, 5.41) is 2.11. The van der Waals surface area contributed by atoms with E-state index < -0.39 is 21.9 Å². The molecule has 8 heteroatoms. The summed E-state index contributed by atoms with van der Waals surface area (Å²) in [6.45, 7) is 10.9. The molecular weight excluding hydrogens is 436 g/mol. The van der Waals surface area contributed by atoms with Gasteiger partial charge in [0.25, 0.3) is 0 Å². The highest BCUT2D eigenvalue weighted by atomic mass is 35.5. The lowest BCUT2D eigenvalue weighted by Gasteiger charge is -2.47. The first-order valence-electron chi connectivity index (χ1n) is 11.1. The van der Waals surface area contributed by atoms with Gasteiger partial charge < -0.3 is 30.6 Å². The molecule has 0 saturated carbocycles. The van der Waals surface area contributed by atoms with Crippen molar-refractivity contribution in [3.05, 3.63) is 36.4 Å². The van der Waals surface area contributed by atoms with Gasteiger partial charge in [-0.15, -0.1) is 0 Å². The Morgan fingerprint density at radius 1 is 0.667 bits per heavy atom. The molecule has 0 spiro atoms. The van der Waals surface area contributed by atoms with Crippen molar-refractivity contribution in [1.29, 1.82) is 0 Å². The fourth-order valence-corrected chi connectivity index (χ4v) is 9.25. The molecular formula is C22H36BClO4P2. The fraction of sp³-hybridized carbons (Fsp3) is 0.545. The van der Waals surface area contributed by atoms with E-state index in [1.807, 2.05) is 24.3 Å². The highest BCUT2D eigenvalue weighted by Gasteiger charge is 2.57. The van der Waals surface area contributed by atoms with E-state index in [0.29, 0.717) is 0 Å². The van der Waals surface area contributed by atoms with E-state index in [2.05, 4.69) is 53.7 Å². The molecule has 0 fully saturated rings. The Kier molecular flexibility index (Phi) is 8.88. The van der Waals surface area contributed by atoms with E-state index in [1.165, 1.54) is 0 Å². The lowest BCUT2D eigenvalue weighted by atomic mass is 10.00. The summed E-state index contributed by atoms with van der Waals surface area (Å²) in [5.74, 6) is 1.60. The molecule has 0 bridgehead atoms. The molecule has 2 aromatic rings. The predicted molar refractivity (Wildman–Crippen MR) is 130 cm³/mol. The molecule has 1 aliphatic rings. The molecule has 3 rings (SSSR count). The molecule has 0 radical (unpaired) electrons. The molecule has 0 saturated heterocycles. The van der Waals surface area contributed by atoms with Crippen LogP contribution in [0, 0.1) is 0 Å². The quantitative estimate of drug-likeness (QED) is 0.386. The Morgan fingerprint density at radius 3 is 1.37 bits per heavy atom. The largest absolute Gasteiger partial charge is 1.00 e. The zero-order valence-electron chi connectivity index (χ0n) is 19.2. The Labute approximate surface area is 189 Å². The summed E-state index contributed by atoms with van der Waals surface area (Å²) in [7, 11) is -3.42. The molecule has 0 aromatic heterocycles. The van der Waals surface area contributed by atoms with Gasteiger partial charge in [-0.25, -0.2) is 0 Å². The molecule has 0 atom stereocenters. The van der Waals surface area contributed by atoms with Gasteiger partial charge in [0.1, 0.15) is 0 Å². The van der Waals surface area contributed by atoms with E-state index in [1.54, 1.807) is 0 Å². The zero-order valence-corrected chi connectivity index (χ0v) is 21.7. The van der Waals surface area contributed by atoms with Gasteiger partial charge in [0.05, 0.1) is 68.8 Å². The van der Waals surface area contributed by atoms with Crippen LogP contribution in [0.25, 0.3) is 10.8 Å². The highest BCUT2D eigenvalue weighted by Crippen LogP contribution is 2.66. The van der Waals surface area contributed by atoms with Crippen LogP contribution in [0.2, 0.25) is 0 Å². The van der Waals surface area contributed by atoms with Crippen molar-refractivity contribution in [2.75, 3.05) is 37.0 Å². The normalized spacial score (nSPS) is 15.3. The Balaban J connectivity index is 0.00000320. The van der Waals surface area contributed by atoms with Gasteiger partial charge in [-0.2, -0.15) is 0 Å². The maximum absolute atomic E-state index is 6.90. The second-order valence-electron chi connectivity index (χ2n) is 7.65. The van der Waals surface area contributed by atoms with Crippen molar-refractivity contribution in [2.24, 2.45) is 0 Å². The third-order valence-corrected chi connectivity index (χ3v) is 14.9. The van der Waals surface area contributed by atoms with Gasteiger partial charge in [0, 0.05) is 0 Å². The van der Waals surface area contributed by atoms with Crippen molar-refractivity contribution in [1.82, 2.24) is 0 Å². The summed E-state index contributed by atoms with van der Waals surface area (Å²) in [6, 6.07) is 12.2. The highest BCUT2D eigenvalue weighted by molar-refractivity contribution is 7.74. The molecule has 1 heterocycles. The van der Waals surface area contributed by atoms with Gasteiger partial charge in [-0.1, -0.05) is 24.3 Å². The number of halogens is 1. The van der Waals surface area contributed by atoms with Crippen LogP contribution in [0.15, 0.2) is 36.4 Å². The zero-order chi connectivity index (χ0) is 21.1. The first-order valence-corrected chi connectivity index (χ1v) is 15.6. The summed E-state index contributed by atoms with van der Waals surface area (Å²) in [5.41, 5.74) is 0. The smallest absolute Gasteiger partial charge is 0.720 e. The fourth-order valence-electron chi connectivity index (χ4n) is 4.25. The second-order valence-corrected chi connectivity index (χ2v) is 16.1. The van der Waals surface area contributed by atoms with E-state index in [4.69, 9.17) is 18.2 Å². The van der Waals surface area contributed by atoms with Gasteiger partial charge >= 0.3 is 6.96 Å². The summed E-state index contributed by atoms with van der Waals surface area (Å²) in [6.07, 6.45) is 5.92. The summed E-state index contributed by atoms with van der Waals surface area (Å²) >= 11 is 0. The average Bonchev–Trinajstić information content (AvgIpc) is 2.76. The van der Waals surface area contributed by atoms with Gasteiger partial charge in [0.15, 0.2) is 0 Å². The molecule has 168 valence electrons. The molecule has 2 aromatic carbocycles. The van der Waals surface area contributed by atoms with Crippen molar-refractivity contribution >= 4 is 32.7 Å². The molecule has 30 heavy (non-hydrogen) atoms. The Morgan fingerprint density at radius 2 is 1.03 bits per heavy atom. The molecule has 1 aliphatic heterocycles. The van der Waals surface area contributed by atoms with Crippen molar-refractivity contribution in [2.45, 2.75) is 41.5 Å². The molecule has 0 aliphatic carbocycles. The van der Waals surface area contributed by atoms with Gasteiger partial charge in [-0.05, 0) is 59.1 Å². The Bertz CT molecular complexity index is 762. The maximum atomic E-state index is 6.90. The lowest BCUT2D eigenvalue weighted by Crippen LogP contribution is -3.00. The van der Waals surface area contributed by atoms with Crippen LogP contribution in [0.1, 0.15) is 41.5 Å². The third kappa shape index (κ3) is 4.76. The predicted octanol–water partition coefficient (Wildman–Crippen LogP) is 4.07. The minimum absolute atomic E-state index is 0. The van der Waals surface area contributed by atoms with Gasteiger partial charge in [-0.3, -0.25) is 0 Å². The number of benzene rings is 2. The van der Waals surface area contributed by atoms with E-state index in [-0.39, 0.29) is 12.4 Å². The lowest BCUT2D eigenvalue weighted by molar-refractivity contribution is -0.0000153. The molecule has 0 amide bonds. The van der Waals surface area contributed by atoms with Crippen LogP contribution in [0.5, 0.6) is 11.5 Å².